The number of halogens is 1. The smallest absolute Gasteiger partial charge is 0.254 e. The molecular formula is C30H34ClN5O2. The Bertz CT molecular complexity index is 1380. The van der Waals surface area contributed by atoms with Crippen LogP contribution in [0.2, 0.25) is 5.02 Å². The van der Waals surface area contributed by atoms with Crippen LogP contribution in [0.4, 0.5) is 5.82 Å². The number of H-pyrrole nitrogens is 1. The highest BCUT2D eigenvalue weighted by molar-refractivity contribution is 6.30. The largest absolute Gasteiger partial charge is 0.345 e. The van der Waals surface area contributed by atoms with E-state index in [9.17, 15) is 9.59 Å². The lowest BCUT2D eigenvalue weighted by molar-refractivity contribution is -0.116. The molecule has 0 bridgehead atoms. The summed E-state index contributed by atoms with van der Waals surface area (Å²) in [5.41, 5.74) is 5.89. The highest BCUT2D eigenvalue weighted by Gasteiger charge is 2.58. The van der Waals surface area contributed by atoms with Crippen LogP contribution in [0.5, 0.6) is 0 Å². The lowest BCUT2D eigenvalue weighted by atomic mass is 9.53. The van der Waals surface area contributed by atoms with Gasteiger partial charge in [-0.1, -0.05) is 24.6 Å². The van der Waals surface area contributed by atoms with E-state index in [2.05, 4.69) is 40.7 Å². The quantitative estimate of drug-likeness (QED) is 0.442. The van der Waals surface area contributed by atoms with Gasteiger partial charge < -0.3 is 10.2 Å². The second-order valence-electron chi connectivity index (χ2n) is 11.6. The number of carbonyl (C=O) groups excluding carboxylic acids is 2. The topological polar surface area (TPSA) is 91.0 Å². The fourth-order valence-corrected chi connectivity index (χ4v) is 7.93. The van der Waals surface area contributed by atoms with E-state index in [1.54, 1.807) is 26.2 Å². The molecule has 5 atom stereocenters. The van der Waals surface area contributed by atoms with E-state index >= 15 is 0 Å². The van der Waals surface area contributed by atoms with Gasteiger partial charge in [-0.15, -0.1) is 0 Å². The number of hydrogen-bond donors (Lipinski definition) is 2. The Morgan fingerprint density at radius 2 is 2.03 bits per heavy atom. The van der Waals surface area contributed by atoms with Crippen molar-refractivity contribution in [2.45, 2.75) is 62.7 Å². The molecule has 3 aromatic rings. The molecule has 1 saturated carbocycles. The number of nitrogens with one attached hydrogen (secondary N) is 2. The van der Waals surface area contributed by atoms with Gasteiger partial charge in [0, 0.05) is 43.3 Å². The predicted octanol–water partition coefficient (Wildman–Crippen LogP) is 5.69. The second-order valence-corrected chi connectivity index (χ2v) is 12.1. The van der Waals surface area contributed by atoms with Crippen molar-refractivity contribution in [1.29, 1.82) is 0 Å². The number of aryl methyl sites for hydroxylation is 1. The zero-order valence-electron chi connectivity index (χ0n) is 22.1. The van der Waals surface area contributed by atoms with E-state index < -0.39 is 0 Å². The zero-order valence-corrected chi connectivity index (χ0v) is 22.9. The third kappa shape index (κ3) is 4.12. The van der Waals surface area contributed by atoms with E-state index in [0.717, 1.165) is 37.1 Å². The molecular weight excluding hydrogens is 498 g/mol. The first-order chi connectivity index (χ1) is 18.3. The average Bonchev–Trinajstić information content (AvgIpc) is 3.48. The van der Waals surface area contributed by atoms with Crippen molar-refractivity contribution in [2.24, 2.45) is 11.8 Å². The summed E-state index contributed by atoms with van der Waals surface area (Å²) < 4.78 is 0. The number of amides is 2. The number of rotatable bonds is 5. The standard InChI is InChI=1S/C30H34ClN5O2/c1-30-13-12-21-20-8-6-19(31)14-17(20)4-7-22(21)27(30)23(24-16-33-35-28(24)30)9-11-26(37)34-25-10-5-18(15-32-25)29(38)36(2)3/h5-6,8,10,14-16,21-23,27H,4,7,9,11-13H2,1-3H3,(H,33,35)(H,32,34,37)/t21?,22?,23-,27?,30+/m1/s1. The third-order valence-corrected chi connectivity index (χ3v) is 9.59. The molecule has 0 spiro atoms. The van der Waals surface area contributed by atoms with Gasteiger partial charge in [-0.25, -0.2) is 4.98 Å². The number of fused-ring (bicyclic) bond motifs is 7. The molecule has 3 aliphatic rings. The Morgan fingerprint density at radius 3 is 2.79 bits per heavy atom. The lowest BCUT2D eigenvalue weighted by Crippen LogP contribution is -2.44. The normalized spacial score (nSPS) is 27.1. The molecule has 2 N–H and O–H groups in total. The van der Waals surface area contributed by atoms with Crippen LogP contribution in [0, 0.1) is 11.8 Å². The number of nitrogens with zero attached hydrogens (tertiary/aromatic N) is 3. The SMILES string of the molecule is CN(C)C(=O)c1ccc(NC(=O)CC[C@@H]2c3c[nH]nc3[C@@]3(C)CCC4c5ccc(Cl)cc5CCC4C23)nc1. The van der Waals surface area contributed by atoms with Gasteiger partial charge in [0.05, 0.1) is 11.3 Å². The minimum Gasteiger partial charge on any atom is -0.345 e. The third-order valence-electron chi connectivity index (χ3n) is 9.35. The van der Waals surface area contributed by atoms with Crippen molar-refractivity contribution in [1.82, 2.24) is 20.1 Å². The van der Waals surface area contributed by atoms with Gasteiger partial charge in [-0.3, -0.25) is 14.7 Å². The van der Waals surface area contributed by atoms with Gasteiger partial charge in [0.25, 0.3) is 5.91 Å². The maximum absolute atomic E-state index is 13.0. The first-order valence-electron chi connectivity index (χ1n) is 13.6. The number of benzene rings is 1. The Balaban J connectivity index is 1.20. The predicted molar refractivity (Wildman–Crippen MR) is 148 cm³/mol. The van der Waals surface area contributed by atoms with Crippen LogP contribution in [0.1, 0.15) is 83.6 Å². The van der Waals surface area contributed by atoms with E-state index in [1.165, 1.54) is 33.5 Å². The fourth-order valence-electron chi connectivity index (χ4n) is 7.73. The molecule has 198 valence electrons. The lowest BCUT2D eigenvalue weighted by Gasteiger charge is -2.50. The number of pyridine rings is 1. The van der Waals surface area contributed by atoms with Crippen LogP contribution < -0.4 is 5.32 Å². The van der Waals surface area contributed by atoms with Gasteiger partial charge in [0.1, 0.15) is 5.82 Å². The number of aromatic nitrogens is 3. The highest BCUT2D eigenvalue weighted by atomic mass is 35.5. The molecule has 7 nitrogen and oxygen atoms in total. The molecule has 2 aromatic heterocycles. The molecule has 0 saturated heterocycles. The van der Waals surface area contributed by atoms with Crippen LogP contribution in [0.15, 0.2) is 42.7 Å². The van der Waals surface area contributed by atoms with Gasteiger partial charge in [-0.2, -0.15) is 5.10 Å². The van der Waals surface area contributed by atoms with Crippen LogP contribution in [-0.2, 0) is 16.6 Å². The van der Waals surface area contributed by atoms with Crippen molar-refractivity contribution < 1.29 is 9.59 Å². The van der Waals surface area contributed by atoms with E-state index in [1.807, 2.05) is 6.07 Å². The van der Waals surface area contributed by atoms with Crippen molar-refractivity contribution in [3.63, 3.8) is 0 Å². The van der Waals surface area contributed by atoms with Crippen LogP contribution in [0.3, 0.4) is 0 Å². The molecule has 3 unspecified atom stereocenters. The molecule has 1 fully saturated rings. The fraction of sp³-hybridized carbons (Fsp3) is 0.467. The van der Waals surface area contributed by atoms with Gasteiger partial charge in [0.2, 0.25) is 5.91 Å². The Kier molecular flexibility index (Phi) is 6.29. The summed E-state index contributed by atoms with van der Waals surface area (Å²) in [7, 11) is 3.40. The molecule has 8 heteroatoms. The summed E-state index contributed by atoms with van der Waals surface area (Å²) in [5.74, 6) is 2.13. The summed E-state index contributed by atoms with van der Waals surface area (Å²) in [5, 5.41) is 11.6. The maximum atomic E-state index is 13.0. The molecule has 0 radical (unpaired) electrons. The number of anilines is 1. The van der Waals surface area contributed by atoms with Gasteiger partial charge in [-0.05, 0) is 96.7 Å². The van der Waals surface area contributed by atoms with E-state index in [4.69, 9.17) is 16.7 Å². The van der Waals surface area contributed by atoms with Crippen LogP contribution in [0.25, 0.3) is 0 Å². The summed E-state index contributed by atoms with van der Waals surface area (Å²) in [6, 6.07) is 9.82. The van der Waals surface area contributed by atoms with Crippen molar-refractivity contribution in [2.75, 3.05) is 19.4 Å². The van der Waals surface area contributed by atoms with Gasteiger partial charge in [0.15, 0.2) is 0 Å². The molecule has 3 aliphatic carbocycles. The van der Waals surface area contributed by atoms with Crippen molar-refractivity contribution in [3.05, 3.63) is 75.7 Å². The molecule has 38 heavy (non-hydrogen) atoms. The second kappa shape index (κ2) is 9.53. The number of carbonyl (C=O) groups is 2. The molecule has 2 heterocycles. The van der Waals surface area contributed by atoms with Gasteiger partial charge >= 0.3 is 0 Å². The summed E-state index contributed by atoms with van der Waals surface area (Å²) >= 11 is 6.32. The minimum atomic E-state index is -0.116. The molecule has 6 rings (SSSR count). The van der Waals surface area contributed by atoms with Crippen LogP contribution in [-0.4, -0.2) is 46.0 Å². The monoisotopic (exact) mass is 531 g/mol. The van der Waals surface area contributed by atoms with E-state index in [0.29, 0.717) is 35.6 Å². The minimum absolute atomic E-state index is 0.0257. The highest BCUT2D eigenvalue weighted by Crippen LogP contribution is 2.64. The van der Waals surface area contributed by atoms with Crippen molar-refractivity contribution in [3.8, 4) is 0 Å². The molecule has 1 aromatic carbocycles. The molecule has 2 amide bonds. The Hall–Kier alpha value is -3.19. The summed E-state index contributed by atoms with van der Waals surface area (Å²) in [4.78, 5) is 30.9. The van der Waals surface area contributed by atoms with Crippen LogP contribution >= 0.6 is 11.6 Å². The van der Waals surface area contributed by atoms with E-state index in [-0.39, 0.29) is 23.1 Å². The first-order valence-corrected chi connectivity index (χ1v) is 13.9. The Labute approximate surface area is 228 Å². The zero-order chi connectivity index (χ0) is 26.6. The maximum Gasteiger partial charge on any atom is 0.254 e. The summed E-state index contributed by atoms with van der Waals surface area (Å²) in [6.07, 6.45) is 9.21. The summed E-state index contributed by atoms with van der Waals surface area (Å²) in [6.45, 7) is 2.39. The number of hydrogen-bond acceptors (Lipinski definition) is 4. The Morgan fingerprint density at radius 1 is 1.18 bits per heavy atom. The molecule has 0 aliphatic heterocycles. The average molecular weight is 532 g/mol. The number of aromatic amines is 1. The first kappa shape index (κ1) is 25.1. The van der Waals surface area contributed by atoms with Crippen molar-refractivity contribution >= 4 is 29.2 Å².